The second-order valence-electron chi connectivity index (χ2n) is 7.05. The molecule has 0 bridgehead atoms. The first-order chi connectivity index (χ1) is 13.0. The Morgan fingerprint density at radius 3 is 2.89 bits per heavy atom. The molecule has 1 amide bonds. The first-order valence-electron chi connectivity index (χ1n) is 9.53. The average molecular weight is 386 g/mol. The van der Waals surface area contributed by atoms with Gasteiger partial charge in [0, 0.05) is 6.54 Å². The van der Waals surface area contributed by atoms with Gasteiger partial charge in [-0.2, -0.15) is 4.68 Å². The van der Waals surface area contributed by atoms with Crippen molar-refractivity contribution in [2.45, 2.75) is 63.3 Å². The molecule has 0 saturated heterocycles. The Balaban J connectivity index is 1.57. The molecule has 1 heterocycles. The van der Waals surface area contributed by atoms with Crippen LogP contribution in [0.3, 0.4) is 0 Å². The highest BCUT2D eigenvalue weighted by Gasteiger charge is 2.19. The van der Waals surface area contributed by atoms with Crippen molar-refractivity contribution in [1.29, 1.82) is 0 Å². The highest BCUT2D eigenvalue weighted by Crippen LogP contribution is 2.24. The SMILES string of the molecule is Cc1ccc(-n2nnnc2S[C@@H](C)C(=O)NCCC2=CCCCC2)cc1C. The van der Waals surface area contributed by atoms with Crippen molar-refractivity contribution < 1.29 is 4.79 Å². The number of amides is 1. The maximum atomic E-state index is 12.4. The van der Waals surface area contributed by atoms with Gasteiger partial charge in [0.25, 0.3) is 0 Å². The molecule has 1 aromatic carbocycles. The Morgan fingerprint density at radius 2 is 2.15 bits per heavy atom. The summed E-state index contributed by atoms with van der Waals surface area (Å²) in [6.07, 6.45) is 8.18. The summed E-state index contributed by atoms with van der Waals surface area (Å²) in [6, 6.07) is 6.10. The number of rotatable bonds is 7. The van der Waals surface area contributed by atoms with Gasteiger partial charge in [-0.05, 0) is 86.6 Å². The number of hydrogen-bond donors (Lipinski definition) is 1. The number of tetrazole rings is 1. The summed E-state index contributed by atoms with van der Waals surface area (Å²) >= 11 is 1.38. The molecule has 1 aromatic heterocycles. The Kier molecular flexibility index (Phi) is 6.66. The fourth-order valence-electron chi connectivity index (χ4n) is 3.11. The van der Waals surface area contributed by atoms with Crippen molar-refractivity contribution in [3.8, 4) is 5.69 Å². The summed E-state index contributed by atoms with van der Waals surface area (Å²) in [4.78, 5) is 12.4. The molecule has 0 aliphatic heterocycles. The van der Waals surface area contributed by atoms with Gasteiger partial charge < -0.3 is 5.32 Å². The number of thioether (sulfide) groups is 1. The molecule has 0 radical (unpaired) electrons. The molecule has 1 N–H and O–H groups in total. The zero-order chi connectivity index (χ0) is 19.2. The van der Waals surface area contributed by atoms with Crippen LogP contribution in [0.4, 0.5) is 0 Å². The number of aromatic nitrogens is 4. The van der Waals surface area contributed by atoms with Gasteiger partial charge in [0.15, 0.2) is 0 Å². The second kappa shape index (κ2) is 9.17. The number of carbonyl (C=O) groups is 1. The van der Waals surface area contributed by atoms with E-state index >= 15 is 0 Å². The summed E-state index contributed by atoms with van der Waals surface area (Å²) in [5.74, 6) is 0.0195. The van der Waals surface area contributed by atoms with Crippen molar-refractivity contribution in [2.75, 3.05) is 6.54 Å². The molecule has 0 spiro atoms. The molecular formula is C20H27N5OS. The number of benzene rings is 1. The molecule has 0 unspecified atom stereocenters. The van der Waals surface area contributed by atoms with Crippen LogP contribution in [-0.2, 0) is 4.79 Å². The Hall–Kier alpha value is -2.15. The lowest BCUT2D eigenvalue weighted by Gasteiger charge is -2.15. The second-order valence-corrected chi connectivity index (χ2v) is 8.36. The zero-order valence-electron chi connectivity index (χ0n) is 16.2. The molecule has 3 rings (SSSR count). The topological polar surface area (TPSA) is 72.7 Å². The lowest BCUT2D eigenvalue weighted by atomic mass is 9.97. The van der Waals surface area contributed by atoms with Crippen molar-refractivity contribution in [3.63, 3.8) is 0 Å². The minimum atomic E-state index is -0.262. The number of allylic oxidation sites excluding steroid dienone is 1. The van der Waals surface area contributed by atoms with Crippen LogP contribution in [0.15, 0.2) is 35.0 Å². The van der Waals surface area contributed by atoms with Crippen molar-refractivity contribution in [3.05, 3.63) is 41.0 Å². The standard InChI is InChI=1S/C20H27N5OS/c1-14-9-10-18(13-15(14)2)25-20(22-23-24-25)27-16(3)19(26)21-12-11-17-7-5-4-6-8-17/h7,9-10,13,16H,4-6,8,11-12H2,1-3H3,(H,21,26)/t16-/m0/s1. The molecule has 1 aliphatic rings. The van der Waals surface area contributed by atoms with Gasteiger partial charge in [-0.1, -0.05) is 29.5 Å². The first kappa shape index (κ1) is 19.6. The number of carbonyl (C=O) groups excluding carboxylic acids is 1. The summed E-state index contributed by atoms with van der Waals surface area (Å²) in [7, 11) is 0. The summed E-state index contributed by atoms with van der Waals surface area (Å²) in [5, 5.41) is 15.4. The summed E-state index contributed by atoms with van der Waals surface area (Å²) in [6.45, 7) is 6.72. The van der Waals surface area contributed by atoms with E-state index in [4.69, 9.17) is 0 Å². The van der Waals surface area contributed by atoms with Crippen LogP contribution < -0.4 is 5.32 Å². The van der Waals surface area contributed by atoms with E-state index in [1.165, 1.54) is 54.1 Å². The molecule has 1 aliphatic carbocycles. The largest absolute Gasteiger partial charge is 0.355 e. The highest BCUT2D eigenvalue weighted by atomic mass is 32.2. The van der Waals surface area contributed by atoms with Gasteiger partial charge in [-0.3, -0.25) is 4.79 Å². The van der Waals surface area contributed by atoms with Crippen LogP contribution in [0.2, 0.25) is 0 Å². The zero-order valence-corrected chi connectivity index (χ0v) is 17.1. The molecule has 1 atom stereocenters. The van der Waals surface area contributed by atoms with E-state index in [1.807, 2.05) is 13.0 Å². The van der Waals surface area contributed by atoms with Crippen molar-refractivity contribution in [2.24, 2.45) is 0 Å². The fourth-order valence-corrected chi connectivity index (χ4v) is 3.94. The first-order valence-corrected chi connectivity index (χ1v) is 10.4. The predicted octanol–water partition coefficient (Wildman–Crippen LogP) is 3.77. The number of nitrogens with zero attached hydrogens (tertiary/aromatic N) is 4. The van der Waals surface area contributed by atoms with Crippen molar-refractivity contribution >= 4 is 17.7 Å². The van der Waals surface area contributed by atoms with E-state index in [2.05, 4.69) is 52.9 Å². The van der Waals surface area contributed by atoms with Gasteiger partial charge in [-0.15, -0.1) is 5.10 Å². The molecule has 6 nitrogen and oxygen atoms in total. The summed E-state index contributed by atoms with van der Waals surface area (Å²) in [5.41, 5.74) is 4.78. The minimum Gasteiger partial charge on any atom is -0.355 e. The lowest BCUT2D eigenvalue weighted by molar-refractivity contribution is -0.120. The fraction of sp³-hybridized carbons (Fsp3) is 0.500. The molecule has 7 heteroatoms. The third kappa shape index (κ3) is 5.19. The maximum absolute atomic E-state index is 12.4. The van der Waals surface area contributed by atoms with E-state index in [1.54, 1.807) is 4.68 Å². The predicted molar refractivity (Wildman–Crippen MR) is 108 cm³/mol. The smallest absolute Gasteiger partial charge is 0.233 e. The van der Waals surface area contributed by atoms with Crippen LogP contribution in [0.25, 0.3) is 5.69 Å². The minimum absolute atomic E-state index is 0.0195. The Labute approximate surface area is 164 Å². The van der Waals surface area contributed by atoms with E-state index in [-0.39, 0.29) is 11.2 Å². The molecule has 27 heavy (non-hydrogen) atoms. The van der Waals surface area contributed by atoms with Gasteiger partial charge >= 0.3 is 0 Å². The normalized spacial score (nSPS) is 15.3. The molecule has 0 saturated carbocycles. The quantitative estimate of drug-likeness (QED) is 0.580. The van der Waals surface area contributed by atoms with Crippen LogP contribution in [0.1, 0.15) is 50.2 Å². The lowest BCUT2D eigenvalue weighted by Crippen LogP contribution is -2.32. The molecular weight excluding hydrogens is 358 g/mol. The van der Waals surface area contributed by atoms with Crippen molar-refractivity contribution in [1.82, 2.24) is 25.5 Å². The summed E-state index contributed by atoms with van der Waals surface area (Å²) < 4.78 is 1.69. The van der Waals surface area contributed by atoms with Gasteiger partial charge in [0.1, 0.15) is 0 Å². The molecule has 144 valence electrons. The Morgan fingerprint density at radius 1 is 1.30 bits per heavy atom. The van der Waals surface area contributed by atoms with Gasteiger partial charge in [-0.25, -0.2) is 0 Å². The van der Waals surface area contributed by atoms with Crippen LogP contribution >= 0.6 is 11.8 Å². The van der Waals surface area contributed by atoms with E-state index in [9.17, 15) is 4.79 Å². The van der Waals surface area contributed by atoms with E-state index in [0.717, 1.165) is 12.1 Å². The van der Waals surface area contributed by atoms with E-state index < -0.39 is 0 Å². The number of hydrogen-bond acceptors (Lipinski definition) is 5. The third-order valence-corrected chi connectivity index (χ3v) is 5.99. The molecule has 2 aromatic rings. The van der Waals surface area contributed by atoms with Gasteiger partial charge in [0.05, 0.1) is 10.9 Å². The highest BCUT2D eigenvalue weighted by molar-refractivity contribution is 8.00. The van der Waals surface area contributed by atoms with Gasteiger partial charge in [0.2, 0.25) is 11.1 Å². The van der Waals surface area contributed by atoms with Crippen LogP contribution in [0.5, 0.6) is 0 Å². The number of aryl methyl sites for hydroxylation is 2. The molecule has 0 fully saturated rings. The van der Waals surface area contributed by atoms with E-state index in [0.29, 0.717) is 11.7 Å². The third-order valence-electron chi connectivity index (χ3n) is 4.96. The number of nitrogens with one attached hydrogen (secondary N) is 1. The Bertz CT molecular complexity index is 830. The average Bonchev–Trinajstić information content (AvgIpc) is 3.13. The maximum Gasteiger partial charge on any atom is 0.233 e. The monoisotopic (exact) mass is 385 g/mol. The van der Waals surface area contributed by atoms with Crippen LogP contribution in [0, 0.1) is 13.8 Å². The van der Waals surface area contributed by atoms with Crippen LogP contribution in [-0.4, -0.2) is 37.9 Å².